The van der Waals surface area contributed by atoms with E-state index in [-0.39, 0.29) is 17.2 Å². The molecular formula is C18H30O2Si. The highest BCUT2D eigenvalue weighted by Gasteiger charge is 2.38. The highest BCUT2D eigenvalue weighted by Crippen LogP contribution is 2.37. The van der Waals surface area contributed by atoms with Crippen LogP contribution in [-0.2, 0) is 9.16 Å². The van der Waals surface area contributed by atoms with Crippen LogP contribution in [0.15, 0.2) is 42.5 Å². The SMILES string of the molecule is COC(/C=C/[C@H](C)O[Si](C)(C)C(C)(C)C)c1ccccc1. The molecule has 118 valence electrons. The Labute approximate surface area is 131 Å². The molecule has 1 rings (SSSR count). The third-order valence-electron chi connectivity index (χ3n) is 4.23. The topological polar surface area (TPSA) is 18.5 Å². The number of hydrogen-bond acceptors (Lipinski definition) is 2. The van der Waals surface area contributed by atoms with E-state index in [4.69, 9.17) is 9.16 Å². The van der Waals surface area contributed by atoms with Gasteiger partial charge in [0.25, 0.3) is 0 Å². The van der Waals surface area contributed by atoms with Gasteiger partial charge in [-0.2, -0.15) is 0 Å². The molecule has 0 radical (unpaired) electrons. The van der Waals surface area contributed by atoms with E-state index >= 15 is 0 Å². The van der Waals surface area contributed by atoms with Gasteiger partial charge in [-0.15, -0.1) is 0 Å². The third-order valence-corrected chi connectivity index (χ3v) is 8.80. The first-order valence-electron chi connectivity index (χ1n) is 7.61. The standard InChI is InChI=1S/C18H30O2Si/c1-15(20-21(6,7)18(2,3)4)13-14-17(19-5)16-11-9-8-10-12-16/h8-15,17H,1-7H3/b14-13+/t15-,17?/m0/s1. The van der Waals surface area contributed by atoms with E-state index in [1.54, 1.807) is 7.11 Å². The van der Waals surface area contributed by atoms with Crippen molar-refractivity contribution in [1.29, 1.82) is 0 Å². The van der Waals surface area contributed by atoms with Crippen LogP contribution < -0.4 is 0 Å². The van der Waals surface area contributed by atoms with Crippen LogP contribution in [0.3, 0.4) is 0 Å². The number of hydrogen-bond donors (Lipinski definition) is 0. The predicted molar refractivity (Wildman–Crippen MR) is 93.1 cm³/mol. The smallest absolute Gasteiger partial charge is 0.192 e. The zero-order chi connectivity index (χ0) is 16.1. The summed E-state index contributed by atoms with van der Waals surface area (Å²) in [7, 11) is 0.0159. The highest BCUT2D eigenvalue weighted by atomic mass is 28.4. The van der Waals surface area contributed by atoms with Gasteiger partial charge in [0.15, 0.2) is 8.32 Å². The molecule has 1 unspecified atom stereocenters. The van der Waals surface area contributed by atoms with E-state index in [9.17, 15) is 0 Å². The minimum Gasteiger partial charge on any atom is -0.411 e. The molecule has 21 heavy (non-hydrogen) atoms. The summed E-state index contributed by atoms with van der Waals surface area (Å²) in [6, 6.07) is 10.2. The summed E-state index contributed by atoms with van der Waals surface area (Å²) in [5.74, 6) is 0. The zero-order valence-electron chi connectivity index (χ0n) is 14.5. The fourth-order valence-corrected chi connectivity index (χ4v) is 3.27. The Morgan fingerprint density at radius 2 is 1.62 bits per heavy atom. The minimum atomic E-state index is -1.72. The first kappa shape index (κ1) is 18.1. The Morgan fingerprint density at radius 1 is 1.05 bits per heavy atom. The van der Waals surface area contributed by atoms with Crippen LogP contribution in [0.2, 0.25) is 18.1 Å². The monoisotopic (exact) mass is 306 g/mol. The molecule has 0 aliphatic rings. The summed E-state index contributed by atoms with van der Waals surface area (Å²) in [6.45, 7) is 13.5. The van der Waals surface area contributed by atoms with E-state index in [0.29, 0.717) is 0 Å². The molecular weight excluding hydrogens is 276 g/mol. The molecule has 0 amide bonds. The van der Waals surface area contributed by atoms with Crippen molar-refractivity contribution >= 4 is 8.32 Å². The van der Waals surface area contributed by atoms with Gasteiger partial charge in [-0.05, 0) is 30.6 Å². The van der Waals surface area contributed by atoms with Gasteiger partial charge in [-0.1, -0.05) is 63.3 Å². The lowest BCUT2D eigenvalue weighted by Crippen LogP contribution is -2.42. The molecule has 1 aromatic rings. The van der Waals surface area contributed by atoms with Crippen LogP contribution in [0.25, 0.3) is 0 Å². The Bertz CT molecular complexity index is 446. The molecule has 3 heteroatoms. The van der Waals surface area contributed by atoms with Crippen molar-refractivity contribution < 1.29 is 9.16 Å². The van der Waals surface area contributed by atoms with Crippen molar-refractivity contribution in [1.82, 2.24) is 0 Å². The average molecular weight is 307 g/mol. The van der Waals surface area contributed by atoms with E-state index in [1.165, 1.54) is 0 Å². The van der Waals surface area contributed by atoms with Crippen molar-refractivity contribution in [3.05, 3.63) is 48.0 Å². The lowest BCUT2D eigenvalue weighted by Gasteiger charge is -2.37. The van der Waals surface area contributed by atoms with Crippen molar-refractivity contribution in [2.75, 3.05) is 7.11 Å². The molecule has 0 fully saturated rings. The summed E-state index contributed by atoms with van der Waals surface area (Å²) in [5.41, 5.74) is 1.16. The first-order valence-corrected chi connectivity index (χ1v) is 10.5. The van der Waals surface area contributed by atoms with E-state index in [1.807, 2.05) is 18.2 Å². The molecule has 2 atom stereocenters. The second kappa shape index (κ2) is 7.39. The maximum Gasteiger partial charge on any atom is 0.192 e. The van der Waals surface area contributed by atoms with E-state index in [2.05, 4.69) is 65.1 Å². The third kappa shape index (κ3) is 5.42. The molecule has 0 spiro atoms. The van der Waals surface area contributed by atoms with Gasteiger partial charge in [0, 0.05) is 7.11 Å². The van der Waals surface area contributed by atoms with Crippen LogP contribution in [0.4, 0.5) is 0 Å². The van der Waals surface area contributed by atoms with Gasteiger partial charge in [-0.3, -0.25) is 0 Å². The van der Waals surface area contributed by atoms with Crippen LogP contribution in [-0.4, -0.2) is 21.5 Å². The van der Waals surface area contributed by atoms with Gasteiger partial charge >= 0.3 is 0 Å². The van der Waals surface area contributed by atoms with Crippen molar-refractivity contribution in [2.45, 2.75) is 58.0 Å². The molecule has 1 aromatic carbocycles. The lowest BCUT2D eigenvalue weighted by molar-refractivity contribution is 0.141. The zero-order valence-corrected chi connectivity index (χ0v) is 15.5. The molecule has 0 saturated heterocycles. The van der Waals surface area contributed by atoms with Crippen LogP contribution >= 0.6 is 0 Å². The fourth-order valence-electron chi connectivity index (χ4n) is 1.91. The first-order chi connectivity index (χ1) is 9.67. The Hall–Kier alpha value is -0.903. The maximum absolute atomic E-state index is 6.33. The minimum absolute atomic E-state index is 0.0170. The molecule has 0 bridgehead atoms. The number of rotatable bonds is 6. The number of ether oxygens (including phenoxy) is 1. The van der Waals surface area contributed by atoms with Gasteiger partial charge in [-0.25, -0.2) is 0 Å². The molecule has 0 aliphatic heterocycles. The van der Waals surface area contributed by atoms with Gasteiger partial charge < -0.3 is 9.16 Å². The number of benzene rings is 1. The average Bonchev–Trinajstić information content (AvgIpc) is 2.38. The number of methoxy groups -OCH3 is 1. The van der Waals surface area contributed by atoms with Gasteiger partial charge in [0.05, 0.1) is 6.10 Å². The van der Waals surface area contributed by atoms with E-state index in [0.717, 1.165) is 5.56 Å². The largest absolute Gasteiger partial charge is 0.411 e. The second-order valence-corrected chi connectivity index (χ2v) is 11.8. The molecule has 0 saturated carbocycles. The van der Waals surface area contributed by atoms with Crippen molar-refractivity contribution in [3.8, 4) is 0 Å². The summed E-state index contributed by atoms with van der Waals surface area (Å²) in [6.07, 6.45) is 4.29. The quantitative estimate of drug-likeness (QED) is 0.521. The molecule has 0 N–H and O–H groups in total. The van der Waals surface area contributed by atoms with Crippen molar-refractivity contribution in [2.24, 2.45) is 0 Å². The lowest BCUT2D eigenvalue weighted by atomic mass is 10.1. The molecule has 0 aromatic heterocycles. The normalized spacial score (nSPS) is 16.1. The predicted octanol–water partition coefficient (Wildman–Crippen LogP) is 5.34. The van der Waals surface area contributed by atoms with Gasteiger partial charge in [0.2, 0.25) is 0 Å². The Kier molecular flexibility index (Phi) is 6.38. The van der Waals surface area contributed by atoms with Crippen molar-refractivity contribution in [3.63, 3.8) is 0 Å². The van der Waals surface area contributed by atoms with Crippen LogP contribution in [0.1, 0.15) is 39.4 Å². The Morgan fingerprint density at radius 3 is 2.10 bits per heavy atom. The highest BCUT2D eigenvalue weighted by molar-refractivity contribution is 6.74. The summed E-state index contributed by atoms with van der Waals surface area (Å²) >= 11 is 0. The summed E-state index contributed by atoms with van der Waals surface area (Å²) in [4.78, 5) is 0. The summed E-state index contributed by atoms with van der Waals surface area (Å²) in [5, 5.41) is 0.231. The van der Waals surface area contributed by atoms with Crippen LogP contribution in [0.5, 0.6) is 0 Å². The van der Waals surface area contributed by atoms with Gasteiger partial charge in [0.1, 0.15) is 6.10 Å². The fraction of sp³-hybridized carbons (Fsp3) is 0.556. The maximum atomic E-state index is 6.33. The second-order valence-electron chi connectivity index (χ2n) is 7.04. The van der Waals surface area contributed by atoms with Crippen LogP contribution in [0, 0.1) is 0 Å². The molecule has 2 nitrogen and oxygen atoms in total. The van der Waals surface area contributed by atoms with E-state index < -0.39 is 8.32 Å². The summed E-state index contributed by atoms with van der Waals surface area (Å²) < 4.78 is 11.9. The Balaban J connectivity index is 2.71. The molecule has 0 heterocycles. The molecule has 0 aliphatic carbocycles.